The summed E-state index contributed by atoms with van der Waals surface area (Å²) < 4.78 is 0. The van der Waals surface area contributed by atoms with Crippen LogP contribution in [0.25, 0.3) is 0 Å². The zero-order chi connectivity index (χ0) is 14.2. The van der Waals surface area contributed by atoms with E-state index in [1.807, 2.05) is 50.8 Å². The maximum absolute atomic E-state index is 12.6. The summed E-state index contributed by atoms with van der Waals surface area (Å²) in [5.74, 6) is 0.291. The van der Waals surface area contributed by atoms with E-state index in [1.165, 1.54) is 0 Å². The molecule has 1 saturated heterocycles. The van der Waals surface area contributed by atoms with Gasteiger partial charge in [0.25, 0.3) is 5.91 Å². The van der Waals surface area contributed by atoms with E-state index in [0.717, 1.165) is 16.7 Å². The van der Waals surface area contributed by atoms with E-state index >= 15 is 0 Å². The lowest BCUT2D eigenvalue weighted by molar-refractivity contribution is -0.130. The van der Waals surface area contributed by atoms with Crippen molar-refractivity contribution in [3.63, 3.8) is 0 Å². The third kappa shape index (κ3) is 2.70. The van der Waals surface area contributed by atoms with Crippen molar-refractivity contribution in [2.45, 2.75) is 34.1 Å². The molecule has 0 radical (unpaired) electrons. The highest BCUT2D eigenvalue weighted by Crippen LogP contribution is 2.26. The van der Waals surface area contributed by atoms with Gasteiger partial charge < -0.3 is 4.90 Å². The number of piperidine rings is 1. The number of hydrogen-bond acceptors (Lipinski definition) is 2. The normalized spacial score (nSPS) is 18.5. The van der Waals surface area contributed by atoms with Crippen LogP contribution in [0.4, 0.5) is 0 Å². The Kier molecular flexibility index (Phi) is 3.48. The molecule has 0 aromatic heterocycles. The van der Waals surface area contributed by atoms with Crippen LogP contribution in [-0.2, 0) is 4.79 Å². The van der Waals surface area contributed by atoms with Gasteiger partial charge >= 0.3 is 0 Å². The Morgan fingerprint density at radius 1 is 1.26 bits per heavy atom. The monoisotopic (exact) mass is 259 g/mol. The van der Waals surface area contributed by atoms with Crippen molar-refractivity contribution in [2.24, 2.45) is 5.41 Å². The number of aryl methyl sites for hydroxylation is 2. The van der Waals surface area contributed by atoms with Crippen LogP contribution >= 0.6 is 0 Å². The molecule has 3 heteroatoms. The molecular weight excluding hydrogens is 238 g/mol. The molecule has 102 valence electrons. The van der Waals surface area contributed by atoms with Crippen LogP contribution in [0.15, 0.2) is 18.2 Å². The van der Waals surface area contributed by atoms with Crippen LogP contribution in [0.2, 0.25) is 0 Å². The maximum atomic E-state index is 12.6. The smallest absolute Gasteiger partial charge is 0.254 e. The number of nitrogens with zero attached hydrogens (tertiary/aromatic N) is 1. The van der Waals surface area contributed by atoms with E-state index < -0.39 is 5.41 Å². The second-order valence-corrected chi connectivity index (χ2v) is 6.10. The fourth-order valence-corrected chi connectivity index (χ4v) is 2.53. The van der Waals surface area contributed by atoms with Crippen molar-refractivity contribution in [1.29, 1.82) is 0 Å². The quantitative estimate of drug-likeness (QED) is 0.777. The lowest BCUT2D eigenvalue weighted by Gasteiger charge is -2.37. The third-order valence-corrected chi connectivity index (χ3v) is 3.86. The molecule has 0 N–H and O–H groups in total. The van der Waals surface area contributed by atoms with Gasteiger partial charge in [0, 0.05) is 30.5 Å². The molecule has 1 aliphatic rings. The highest BCUT2D eigenvalue weighted by atomic mass is 16.2. The summed E-state index contributed by atoms with van der Waals surface area (Å²) in [7, 11) is 0. The Morgan fingerprint density at radius 2 is 1.95 bits per heavy atom. The summed E-state index contributed by atoms with van der Waals surface area (Å²) >= 11 is 0. The molecule has 19 heavy (non-hydrogen) atoms. The fraction of sp³-hybridized carbons (Fsp3) is 0.500. The van der Waals surface area contributed by atoms with E-state index in [4.69, 9.17) is 0 Å². The molecule has 0 atom stereocenters. The number of rotatable bonds is 1. The summed E-state index contributed by atoms with van der Waals surface area (Å²) in [5, 5.41) is 0. The van der Waals surface area contributed by atoms with Crippen molar-refractivity contribution in [3.8, 4) is 0 Å². The molecule has 0 saturated carbocycles. The van der Waals surface area contributed by atoms with E-state index in [0.29, 0.717) is 19.5 Å². The first kappa shape index (κ1) is 13.8. The first-order chi connectivity index (χ1) is 8.81. The SMILES string of the molecule is Cc1ccc(C)c(C(=O)N2CCC(=O)C(C)(C)C2)c1. The van der Waals surface area contributed by atoms with E-state index in [1.54, 1.807) is 0 Å². The van der Waals surface area contributed by atoms with E-state index in [-0.39, 0.29) is 11.7 Å². The van der Waals surface area contributed by atoms with Crippen LogP contribution in [0, 0.1) is 19.3 Å². The number of carbonyl (C=O) groups excluding carboxylic acids is 2. The Balaban J connectivity index is 2.25. The molecule has 1 heterocycles. The van der Waals surface area contributed by atoms with Crippen LogP contribution in [0.3, 0.4) is 0 Å². The minimum absolute atomic E-state index is 0.0433. The fourth-order valence-electron chi connectivity index (χ4n) is 2.53. The number of amides is 1. The lowest BCUT2D eigenvalue weighted by Crippen LogP contribution is -2.48. The standard InChI is InChI=1S/C16H21NO2/c1-11-5-6-12(2)13(9-11)15(19)17-8-7-14(18)16(3,4)10-17/h5-6,9H,7-8,10H2,1-4H3. The van der Waals surface area contributed by atoms with Crippen molar-refractivity contribution >= 4 is 11.7 Å². The van der Waals surface area contributed by atoms with Crippen LogP contribution in [0.5, 0.6) is 0 Å². The van der Waals surface area contributed by atoms with Gasteiger partial charge in [-0.3, -0.25) is 9.59 Å². The molecular formula is C16H21NO2. The molecule has 1 amide bonds. The van der Waals surface area contributed by atoms with Gasteiger partial charge in [-0.2, -0.15) is 0 Å². The summed E-state index contributed by atoms with van der Waals surface area (Å²) in [6.45, 7) is 8.81. The largest absolute Gasteiger partial charge is 0.337 e. The molecule has 2 rings (SSSR count). The van der Waals surface area contributed by atoms with Crippen molar-refractivity contribution in [1.82, 2.24) is 4.90 Å². The van der Waals surface area contributed by atoms with Crippen molar-refractivity contribution < 1.29 is 9.59 Å². The molecule has 1 aliphatic heterocycles. The van der Waals surface area contributed by atoms with Gasteiger partial charge in [0.2, 0.25) is 0 Å². The first-order valence-electron chi connectivity index (χ1n) is 6.71. The Labute approximate surface area is 114 Å². The lowest BCUT2D eigenvalue weighted by atomic mass is 9.82. The van der Waals surface area contributed by atoms with Gasteiger partial charge in [0.05, 0.1) is 0 Å². The number of carbonyl (C=O) groups is 2. The van der Waals surface area contributed by atoms with Gasteiger partial charge in [0.1, 0.15) is 5.78 Å². The second kappa shape index (κ2) is 4.80. The summed E-state index contributed by atoms with van der Waals surface area (Å²) in [4.78, 5) is 26.2. The summed E-state index contributed by atoms with van der Waals surface area (Å²) in [6.07, 6.45) is 0.462. The van der Waals surface area contributed by atoms with Gasteiger partial charge in [0.15, 0.2) is 0 Å². The Bertz CT molecular complexity index is 532. The summed E-state index contributed by atoms with van der Waals surface area (Å²) in [5.41, 5.74) is 2.41. The van der Waals surface area contributed by atoms with Crippen molar-refractivity contribution in [3.05, 3.63) is 34.9 Å². The minimum atomic E-state index is -0.425. The van der Waals surface area contributed by atoms with Crippen molar-refractivity contribution in [2.75, 3.05) is 13.1 Å². The maximum Gasteiger partial charge on any atom is 0.254 e. The number of hydrogen-bond donors (Lipinski definition) is 0. The van der Waals surface area contributed by atoms with E-state index in [9.17, 15) is 9.59 Å². The average Bonchev–Trinajstić information content (AvgIpc) is 2.35. The zero-order valence-corrected chi connectivity index (χ0v) is 12.1. The summed E-state index contributed by atoms with van der Waals surface area (Å²) in [6, 6.07) is 5.92. The molecule has 1 aromatic rings. The number of likely N-dealkylation sites (tertiary alicyclic amines) is 1. The third-order valence-electron chi connectivity index (χ3n) is 3.86. The van der Waals surface area contributed by atoms with Gasteiger partial charge in [-0.05, 0) is 25.5 Å². The second-order valence-electron chi connectivity index (χ2n) is 6.10. The van der Waals surface area contributed by atoms with Gasteiger partial charge in [-0.1, -0.05) is 31.5 Å². The molecule has 0 bridgehead atoms. The zero-order valence-electron chi connectivity index (χ0n) is 12.1. The molecule has 0 unspecified atom stereocenters. The Hall–Kier alpha value is -1.64. The molecule has 1 fully saturated rings. The first-order valence-corrected chi connectivity index (χ1v) is 6.71. The molecule has 0 spiro atoms. The molecule has 0 aliphatic carbocycles. The van der Waals surface area contributed by atoms with E-state index in [2.05, 4.69) is 0 Å². The molecule has 3 nitrogen and oxygen atoms in total. The van der Waals surface area contributed by atoms with Crippen LogP contribution in [0.1, 0.15) is 41.8 Å². The number of Topliss-reactive ketones (excluding diaryl/α,β-unsaturated/α-hetero) is 1. The minimum Gasteiger partial charge on any atom is -0.337 e. The highest BCUT2D eigenvalue weighted by molar-refractivity contribution is 5.97. The number of benzene rings is 1. The van der Waals surface area contributed by atoms with Crippen LogP contribution in [-0.4, -0.2) is 29.7 Å². The predicted octanol–water partition coefficient (Wildman–Crippen LogP) is 2.74. The topological polar surface area (TPSA) is 37.4 Å². The highest BCUT2D eigenvalue weighted by Gasteiger charge is 2.36. The average molecular weight is 259 g/mol. The predicted molar refractivity (Wildman–Crippen MR) is 75.2 cm³/mol. The van der Waals surface area contributed by atoms with Gasteiger partial charge in [-0.15, -0.1) is 0 Å². The van der Waals surface area contributed by atoms with Gasteiger partial charge in [-0.25, -0.2) is 0 Å². The Morgan fingerprint density at radius 3 is 2.58 bits per heavy atom. The molecule has 1 aromatic carbocycles. The number of ketones is 1. The van der Waals surface area contributed by atoms with Crippen LogP contribution < -0.4 is 0 Å².